The summed E-state index contributed by atoms with van der Waals surface area (Å²) in [7, 11) is 0. The molecule has 19 heavy (non-hydrogen) atoms. The van der Waals surface area contributed by atoms with Gasteiger partial charge in [0.1, 0.15) is 0 Å². The van der Waals surface area contributed by atoms with E-state index >= 15 is 0 Å². The van der Waals surface area contributed by atoms with Gasteiger partial charge in [-0.25, -0.2) is 0 Å². The average molecular weight is 269 g/mol. The normalized spacial score (nSPS) is 11.4. The molecule has 1 aromatic heterocycles. The number of hydrogen-bond donors (Lipinski definition) is 1. The zero-order valence-corrected chi connectivity index (χ0v) is 9.90. The second kappa shape index (κ2) is 4.75. The van der Waals surface area contributed by atoms with E-state index in [2.05, 4.69) is 10.2 Å². The highest BCUT2D eigenvalue weighted by Crippen LogP contribution is 2.34. The SMILES string of the molecule is Cc1cnnc(Oc2ccc(C(F)(F)F)cc2N)c1. The van der Waals surface area contributed by atoms with E-state index in [-0.39, 0.29) is 17.3 Å². The van der Waals surface area contributed by atoms with Gasteiger partial charge >= 0.3 is 6.18 Å². The van der Waals surface area contributed by atoms with E-state index in [0.29, 0.717) is 0 Å². The van der Waals surface area contributed by atoms with Gasteiger partial charge in [0, 0.05) is 6.07 Å². The largest absolute Gasteiger partial charge is 0.435 e. The van der Waals surface area contributed by atoms with Crippen molar-refractivity contribution >= 4 is 5.69 Å². The first-order valence-electron chi connectivity index (χ1n) is 5.30. The minimum absolute atomic E-state index is 0.105. The Morgan fingerprint density at radius 1 is 1.21 bits per heavy atom. The van der Waals surface area contributed by atoms with E-state index < -0.39 is 11.7 Å². The Balaban J connectivity index is 2.27. The number of nitrogens with two attached hydrogens (primary N) is 1. The summed E-state index contributed by atoms with van der Waals surface area (Å²) in [5, 5.41) is 7.37. The van der Waals surface area contributed by atoms with Crippen LogP contribution in [0.1, 0.15) is 11.1 Å². The molecule has 1 heterocycles. The van der Waals surface area contributed by atoms with Crippen LogP contribution in [0.2, 0.25) is 0 Å². The molecule has 4 nitrogen and oxygen atoms in total. The zero-order chi connectivity index (χ0) is 14.0. The van der Waals surface area contributed by atoms with Crippen LogP contribution in [0.4, 0.5) is 18.9 Å². The number of nitrogen functional groups attached to an aromatic ring is 1. The van der Waals surface area contributed by atoms with Gasteiger partial charge in [0.25, 0.3) is 0 Å². The lowest BCUT2D eigenvalue weighted by Gasteiger charge is -2.11. The van der Waals surface area contributed by atoms with Crippen molar-refractivity contribution in [3.8, 4) is 11.6 Å². The quantitative estimate of drug-likeness (QED) is 0.850. The van der Waals surface area contributed by atoms with Gasteiger partial charge in [-0.15, -0.1) is 5.10 Å². The molecule has 0 aliphatic heterocycles. The van der Waals surface area contributed by atoms with E-state index in [1.54, 1.807) is 13.0 Å². The molecule has 0 aliphatic carbocycles. The van der Waals surface area contributed by atoms with Crippen LogP contribution in [-0.4, -0.2) is 10.2 Å². The summed E-state index contributed by atoms with van der Waals surface area (Å²) in [6.45, 7) is 1.79. The fraction of sp³-hybridized carbons (Fsp3) is 0.167. The van der Waals surface area contributed by atoms with Crippen molar-refractivity contribution < 1.29 is 17.9 Å². The predicted molar refractivity (Wildman–Crippen MR) is 62.7 cm³/mol. The highest BCUT2D eigenvalue weighted by Gasteiger charge is 2.31. The molecule has 0 aliphatic rings. The van der Waals surface area contributed by atoms with Gasteiger partial charge in [-0.3, -0.25) is 0 Å². The number of rotatable bonds is 2. The second-order valence-electron chi connectivity index (χ2n) is 3.92. The molecule has 0 saturated carbocycles. The lowest BCUT2D eigenvalue weighted by atomic mass is 10.2. The molecule has 2 rings (SSSR count). The average Bonchev–Trinajstić information content (AvgIpc) is 2.30. The fourth-order valence-electron chi connectivity index (χ4n) is 1.42. The third kappa shape index (κ3) is 3.12. The molecule has 2 N–H and O–H groups in total. The predicted octanol–water partition coefficient (Wildman–Crippen LogP) is 3.18. The highest BCUT2D eigenvalue weighted by atomic mass is 19.4. The number of benzene rings is 1. The summed E-state index contributed by atoms with van der Waals surface area (Å²) in [5.41, 5.74) is 5.41. The van der Waals surface area contributed by atoms with Crippen molar-refractivity contribution in [3.63, 3.8) is 0 Å². The molecule has 7 heteroatoms. The molecule has 100 valence electrons. The summed E-state index contributed by atoms with van der Waals surface area (Å²) in [6.07, 6.45) is -2.90. The lowest BCUT2D eigenvalue weighted by molar-refractivity contribution is -0.137. The number of alkyl halides is 3. The summed E-state index contributed by atoms with van der Waals surface area (Å²) in [5.74, 6) is 0.277. The number of aromatic nitrogens is 2. The van der Waals surface area contributed by atoms with Crippen LogP contribution in [0.3, 0.4) is 0 Å². The minimum atomic E-state index is -4.43. The number of anilines is 1. The summed E-state index contributed by atoms with van der Waals surface area (Å²) in [6, 6.07) is 4.47. The first kappa shape index (κ1) is 13.1. The van der Waals surface area contributed by atoms with Crippen molar-refractivity contribution in [1.82, 2.24) is 10.2 Å². The van der Waals surface area contributed by atoms with Crippen LogP contribution in [-0.2, 0) is 6.18 Å². The third-order valence-corrected chi connectivity index (χ3v) is 2.32. The van der Waals surface area contributed by atoms with E-state index in [1.807, 2.05) is 0 Å². The Kier molecular flexibility index (Phi) is 3.28. The number of halogens is 3. The first-order valence-corrected chi connectivity index (χ1v) is 5.30. The highest BCUT2D eigenvalue weighted by molar-refractivity contribution is 5.55. The Morgan fingerprint density at radius 2 is 1.95 bits per heavy atom. The maximum Gasteiger partial charge on any atom is 0.416 e. The monoisotopic (exact) mass is 269 g/mol. The summed E-state index contributed by atoms with van der Waals surface area (Å²) in [4.78, 5) is 0. The Bertz CT molecular complexity index is 599. The van der Waals surface area contributed by atoms with Gasteiger partial charge in [0.05, 0.1) is 17.4 Å². The van der Waals surface area contributed by atoms with Crippen LogP contribution < -0.4 is 10.5 Å². The smallest absolute Gasteiger partial charge is 0.416 e. The van der Waals surface area contributed by atoms with Crippen molar-refractivity contribution in [1.29, 1.82) is 0 Å². The van der Waals surface area contributed by atoms with Gasteiger partial charge in [0.2, 0.25) is 5.88 Å². The molecule has 0 radical (unpaired) electrons. The fourth-order valence-corrected chi connectivity index (χ4v) is 1.42. The van der Waals surface area contributed by atoms with Gasteiger partial charge in [0.15, 0.2) is 5.75 Å². The van der Waals surface area contributed by atoms with E-state index in [0.717, 1.165) is 23.8 Å². The van der Waals surface area contributed by atoms with Crippen LogP contribution in [0, 0.1) is 6.92 Å². The van der Waals surface area contributed by atoms with Crippen molar-refractivity contribution in [2.45, 2.75) is 13.1 Å². The van der Waals surface area contributed by atoms with Gasteiger partial charge in [-0.1, -0.05) is 0 Å². The van der Waals surface area contributed by atoms with E-state index in [9.17, 15) is 13.2 Å². The molecular weight excluding hydrogens is 259 g/mol. The summed E-state index contributed by atoms with van der Waals surface area (Å²) >= 11 is 0. The van der Waals surface area contributed by atoms with Gasteiger partial charge in [-0.05, 0) is 30.7 Å². The van der Waals surface area contributed by atoms with Crippen molar-refractivity contribution in [3.05, 3.63) is 41.6 Å². The zero-order valence-electron chi connectivity index (χ0n) is 9.90. The standard InChI is InChI=1S/C12H10F3N3O/c1-7-4-11(18-17-6-7)19-10-3-2-8(5-9(10)16)12(13,14)15/h2-6H,16H2,1H3. The lowest BCUT2D eigenvalue weighted by Crippen LogP contribution is -2.06. The molecule has 0 atom stereocenters. The van der Waals surface area contributed by atoms with Crippen LogP contribution in [0.15, 0.2) is 30.5 Å². The molecule has 0 unspecified atom stereocenters. The molecule has 0 saturated heterocycles. The maximum atomic E-state index is 12.5. The van der Waals surface area contributed by atoms with Gasteiger partial charge in [-0.2, -0.15) is 18.3 Å². The Hall–Kier alpha value is -2.31. The topological polar surface area (TPSA) is 61.0 Å². The molecule has 0 fully saturated rings. The minimum Gasteiger partial charge on any atom is -0.435 e. The Labute approximate surface area is 107 Å². The maximum absolute atomic E-state index is 12.5. The molecule has 2 aromatic rings. The number of ether oxygens (including phenoxy) is 1. The number of aryl methyl sites for hydroxylation is 1. The molecule has 1 aromatic carbocycles. The third-order valence-electron chi connectivity index (χ3n) is 2.32. The van der Waals surface area contributed by atoms with Gasteiger partial charge < -0.3 is 10.5 Å². The Morgan fingerprint density at radius 3 is 2.53 bits per heavy atom. The van der Waals surface area contributed by atoms with Crippen molar-refractivity contribution in [2.24, 2.45) is 0 Å². The summed E-state index contributed by atoms with van der Waals surface area (Å²) < 4.78 is 42.7. The van der Waals surface area contributed by atoms with E-state index in [4.69, 9.17) is 10.5 Å². The number of hydrogen-bond acceptors (Lipinski definition) is 4. The molecular formula is C12H10F3N3O. The van der Waals surface area contributed by atoms with Crippen LogP contribution >= 0.6 is 0 Å². The van der Waals surface area contributed by atoms with Crippen LogP contribution in [0.25, 0.3) is 0 Å². The molecule has 0 amide bonds. The van der Waals surface area contributed by atoms with Crippen LogP contribution in [0.5, 0.6) is 11.6 Å². The second-order valence-corrected chi connectivity index (χ2v) is 3.92. The molecule has 0 spiro atoms. The van der Waals surface area contributed by atoms with Crippen molar-refractivity contribution in [2.75, 3.05) is 5.73 Å². The van der Waals surface area contributed by atoms with E-state index in [1.165, 1.54) is 6.20 Å². The number of nitrogens with zero attached hydrogens (tertiary/aromatic N) is 2. The molecule has 0 bridgehead atoms. The first-order chi connectivity index (χ1) is 8.86.